The average Bonchev–Trinajstić information content (AvgIpc) is 2.34. The molecule has 0 spiro atoms. The second-order valence-corrected chi connectivity index (χ2v) is 4.66. The standard InChI is InChI=1S/C13H25N3O4/c1-4-16(5-2)9-10(3)14-13(20)15-11(17)7-6-8-12(18)19/h10H,4-9H2,1-3H3,(H,18,19)(H2,14,15,17,20). The normalized spacial score (nSPS) is 12.0. The number of urea groups is 1. The highest BCUT2D eigenvalue weighted by Gasteiger charge is 2.12. The number of aliphatic carboxylic acids is 1. The molecule has 20 heavy (non-hydrogen) atoms. The minimum absolute atomic E-state index is 0.0319. The van der Waals surface area contributed by atoms with Gasteiger partial charge in [0.15, 0.2) is 0 Å². The first-order valence-corrected chi connectivity index (χ1v) is 6.93. The zero-order chi connectivity index (χ0) is 15.5. The predicted molar refractivity (Wildman–Crippen MR) is 75.4 cm³/mol. The van der Waals surface area contributed by atoms with E-state index < -0.39 is 17.9 Å². The van der Waals surface area contributed by atoms with Gasteiger partial charge >= 0.3 is 12.0 Å². The first-order chi connectivity index (χ1) is 9.38. The first kappa shape index (κ1) is 18.4. The van der Waals surface area contributed by atoms with Crippen molar-refractivity contribution in [2.45, 2.75) is 46.1 Å². The summed E-state index contributed by atoms with van der Waals surface area (Å²) in [5, 5.41) is 13.3. The SMILES string of the molecule is CCN(CC)CC(C)NC(=O)NC(=O)CCCC(=O)O. The molecule has 0 rings (SSSR count). The van der Waals surface area contributed by atoms with Gasteiger partial charge in [-0.2, -0.15) is 0 Å². The highest BCUT2D eigenvalue weighted by atomic mass is 16.4. The monoisotopic (exact) mass is 287 g/mol. The van der Waals surface area contributed by atoms with Gasteiger partial charge in [0, 0.05) is 25.4 Å². The van der Waals surface area contributed by atoms with Gasteiger partial charge in [-0.3, -0.25) is 14.9 Å². The van der Waals surface area contributed by atoms with Crippen molar-refractivity contribution in [3.63, 3.8) is 0 Å². The molecule has 7 heteroatoms. The minimum atomic E-state index is -0.949. The third-order valence-corrected chi connectivity index (χ3v) is 2.85. The van der Waals surface area contributed by atoms with Crippen LogP contribution in [0.1, 0.15) is 40.0 Å². The highest BCUT2D eigenvalue weighted by molar-refractivity contribution is 5.94. The maximum absolute atomic E-state index is 11.5. The van der Waals surface area contributed by atoms with Gasteiger partial charge in [0.2, 0.25) is 5.91 Å². The van der Waals surface area contributed by atoms with Crippen molar-refractivity contribution in [1.82, 2.24) is 15.5 Å². The van der Waals surface area contributed by atoms with Crippen LogP contribution in [-0.4, -0.2) is 53.6 Å². The van der Waals surface area contributed by atoms with Gasteiger partial charge in [-0.15, -0.1) is 0 Å². The maximum Gasteiger partial charge on any atom is 0.321 e. The molecule has 0 saturated carbocycles. The van der Waals surface area contributed by atoms with E-state index in [-0.39, 0.29) is 25.3 Å². The van der Waals surface area contributed by atoms with Crippen LogP contribution in [0, 0.1) is 0 Å². The van der Waals surface area contributed by atoms with Gasteiger partial charge in [-0.05, 0) is 26.4 Å². The van der Waals surface area contributed by atoms with E-state index in [4.69, 9.17) is 5.11 Å². The van der Waals surface area contributed by atoms with Crippen LogP contribution >= 0.6 is 0 Å². The maximum atomic E-state index is 11.5. The Morgan fingerprint density at radius 1 is 1.15 bits per heavy atom. The van der Waals surface area contributed by atoms with Crippen LogP contribution in [0.4, 0.5) is 4.79 Å². The summed E-state index contributed by atoms with van der Waals surface area (Å²) in [6.07, 6.45) is 0.182. The number of hydrogen-bond donors (Lipinski definition) is 3. The van der Waals surface area contributed by atoms with Crippen LogP contribution in [0.5, 0.6) is 0 Å². The Kier molecular flexibility index (Phi) is 9.36. The molecule has 1 atom stereocenters. The lowest BCUT2D eigenvalue weighted by Crippen LogP contribution is -2.47. The largest absolute Gasteiger partial charge is 0.481 e. The summed E-state index contributed by atoms with van der Waals surface area (Å²) < 4.78 is 0. The van der Waals surface area contributed by atoms with Gasteiger partial charge in [0.05, 0.1) is 0 Å². The van der Waals surface area contributed by atoms with Gasteiger partial charge in [0.25, 0.3) is 0 Å². The molecular formula is C13H25N3O4. The Morgan fingerprint density at radius 3 is 2.25 bits per heavy atom. The quantitative estimate of drug-likeness (QED) is 0.582. The summed E-state index contributed by atoms with van der Waals surface area (Å²) in [6.45, 7) is 8.47. The molecule has 3 amide bonds. The van der Waals surface area contributed by atoms with Crippen LogP contribution < -0.4 is 10.6 Å². The van der Waals surface area contributed by atoms with Crippen molar-refractivity contribution < 1.29 is 19.5 Å². The van der Waals surface area contributed by atoms with E-state index in [1.807, 2.05) is 20.8 Å². The molecule has 0 fully saturated rings. The molecule has 116 valence electrons. The van der Waals surface area contributed by atoms with Crippen molar-refractivity contribution in [1.29, 1.82) is 0 Å². The number of nitrogens with one attached hydrogen (secondary N) is 2. The number of nitrogens with zero attached hydrogens (tertiary/aromatic N) is 1. The summed E-state index contributed by atoms with van der Waals surface area (Å²) in [5.74, 6) is -1.41. The first-order valence-electron chi connectivity index (χ1n) is 6.93. The lowest BCUT2D eigenvalue weighted by Gasteiger charge is -2.23. The molecule has 0 aliphatic heterocycles. The topological polar surface area (TPSA) is 98.7 Å². The molecular weight excluding hydrogens is 262 g/mol. The second kappa shape index (κ2) is 10.2. The van der Waals surface area contributed by atoms with Crippen molar-refractivity contribution in [3.8, 4) is 0 Å². The molecule has 0 aromatic carbocycles. The van der Waals surface area contributed by atoms with Crippen molar-refractivity contribution in [2.75, 3.05) is 19.6 Å². The Hall–Kier alpha value is -1.63. The zero-order valence-corrected chi connectivity index (χ0v) is 12.4. The number of carboxylic acids is 1. The number of likely N-dealkylation sites (N-methyl/N-ethyl adjacent to an activating group) is 1. The Labute approximate surface area is 119 Å². The number of carboxylic acid groups (broad SMARTS) is 1. The number of rotatable bonds is 9. The third kappa shape index (κ3) is 9.32. The minimum Gasteiger partial charge on any atom is -0.481 e. The summed E-state index contributed by atoms with van der Waals surface area (Å²) in [5.41, 5.74) is 0. The fourth-order valence-electron chi connectivity index (χ4n) is 1.76. The molecule has 7 nitrogen and oxygen atoms in total. The molecule has 0 heterocycles. The summed E-state index contributed by atoms with van der Waals surface area (Å²) in [4.78, 5) is 35.4. The van der Waals surface area contributed by atoms with E-state index in [0.717, 1.165) is 13.1 Å². The van der Waals surface area contributed by atoms with E-state index in [0.29, 0.717) is 6.54 Å². The van der Waals surface area contributed by atoms with E-state index in [1.54, 1.807) is 0 Å². The zero-order valence-electron chi connectivity index (χ0n) is 12.4. The molecule has 3 N–H and O–H groups in total. The molecule has 0 saturated heterocycles. The number of hydrogen-bond acceptors (Lipinski definition) is 4. The van der Waals surface area contributed by atoms with Crippen molar-refractivity contribution in [2.24, 2.45) is 0 Å². The molecule has 0 bridgehead atoms. The fraction of sp³-hybridized carbons (Fsp3) is 0.769. The Balaban J connectivity index is 3.91. The van der Waals surface area contributed by atoms with E-state index >= 15 is 0 Å². The summed E-state index contributed by atoms with van der Waals surface area (Å²) in [6, 6.07) is -0.605. The Morgan fingerprint density at radius 2 is 1.75 bits per heavy atom. The van der Waals surface area contributed by atoms with E-state index in [9.17, 15) is 14.4 Å². The number of amides is 3. The molecule has 0 aliphatic rings. The van der Waals surface area contributed by atoms with Gasteiger partial charge in [-0.25, -0.2) is 4.79 Å². The van der Waals surface area contributed by atoms with Crippen molar-refractivity contribution >= 4 is 17.9 Å². The van der Waals surface area contributed by atoms with Crippen LogP contribution in [0.2, 0.25) is 0 Å². The number of carbonyl (C=O) groups is 3. The Bertz CT molecular complexity index is 330. The second-order valence-electron chi connectivity index (χ2n) is 4.66. The van der Waals surface area contributed by atoms with E-state index in [1.165, 1.54) is 0 Å². The third-order valence-electron chi connectivity index (χ3n) is 2.85. The van der Waals surface area contributed by atoms with Gasteiger partial charge in [-0.1, -0.05) is 13.8 Å². The lowest BCUT2D eigenvalue weighted by atomic mass is 10.2. The molecule has 0 aromatic heterocycles. The highest BCUT2D eigenvalue weighted by Crippen LogP contribution is 1.95. The van der Waals surface area contributed by atoms with E-state index in [2.05, 4.69) is 15.5 Å². The summed E-state index contributed by atoms with van der Waals surface area (Å²) >= 11 is 0. The van der Waals surface area contributed by atoms with Crippen LogP contribution in [0.3, 0.4) is 0 Å². The predicted octanol–water partition coefficient (Wildman–Crippen LogP) is 0.797. The summed E-state index contributed by atoms with van der Waals surface area (Å²) in [7, 11) is 0. The van der Waals surface area contributed by atoms with Crippen molar-refractivity contribution in [3.05, 3.63) is 0 Å². The molecule has 0 aromatic rings. The molecule has 0 aliphatic carbocycles. The molecule has 0 radical (unpaired) electrons. The van der Waals surface area contributed by atoms with Crippen LogP contribution in [0.15, 0.2) is 0 Å². The van der Waals surface area contributed by atoms with Gasteiger partial charge < -0.3 is 15.3 Å². The van der Waals surface area contributed by atoms with Crippen LogP contribution in [0.25, 0.3) is 0 Å². The average molecular weight is 287 g/mol. The smallest absolute Gasteiger partial charge is 0.321 e. The number of carbonyl (C=O) groups excluding carboxylic acids is 2. The molecule has 1 unspecified atom stereocenters. The van der Waals surface area contributed by atoms with Crippen LogP contribution in [-0.2, 0) is 9.59 Å². The van der Waals surface area contributed by atoms with Gasteiger partial charge in [0.1, 0.15) is 0 Å². The lowest BCUT2D eigenvalue weighted by molar-refractivity contribution is -0.137. The fourth-order valence-corrected chi connectivity index (χ4v) is 1.76. The number of imide groups is 1.